The second-order valence-electron chi connectivity index (χ2n) is 8.04. The van der Waals surface area contributed by atoms with Gasteiger partial charge in [0.25, 0.3) is 0 Å². The van der Waals surface area contributed by atoms with Gasteiger partial charge in [-0.25, -0.2) is 4.98 Å². The maximum atomic E-state index is 12.8. The van der Waals surface area contributed by atoms with Gasteiger partial charge in [0.05, 0.1) is 17.6 Å². The third-order valence-electron chi connectivity index (χ3n) is 5.87. The van der Waals surface area contributed by atoms with E-state index in [4.69, 9.17) is 11.6 Å². The lowest BCUT2D eigenvalue weighted by Crippen LogP contribution is -2.43. The Bertz CT molecular complexity index is 1000. The molecule has 0 bridgehead atoms. The van der Waals surface area contributed by atoms with Gasteiger partial charge >= 0.3 is 0 Å². The molecule has 3 aromatic rings. The van der Waals surface area contributed by atoms with Crippen molar-refractivity contribution in [1.82, 2.24) is 14.5 Å². The molecule has 0 radical (unpaired) electrons. The number of carbonyl (C=O) groups is 1. The van der Waals surface area contributed by atoms with Crippen LogP contribution in [0.25, 0.3) is 11.3 Å². The van der Waals surface area contributed by atoms with Gasteiger partial charge in [0.15, 0.2) is 5.16 Å². The predicted molar refractivity (Wildman–Crippen MR) is 129 cm³/mol. The van der Waals surface area contributed by atoms with E-state index in [1.807, 2.05) is 41.4 Å². The first-order valence-corrected chi connectivity index (χ1v) is 12.3. The summed E-state index contributed by atoms with van der Waals surface area (Å²) in [6.45, 7) is 3.83. The van der Waals surface area contributed by atoms with Gasteiger partial charge in [-0.1, -0.05) is 65.8 Å². The van der Waals surface area contributed by atoms with Crippen molar-refractivity contribution >= 4 is 29.3 Å². The molecule has 0 saturated carbocycles. The van der Waals surface area contributed by atoms with E-state index in [0.29, 0.717) is 11.8 Å². The normalized spacial score (nSPS) is 16.5. The van der Waals surface area contributed by atoms with Gasteiger partial charge in [0, 0.05) is 24.2 Å². The Balaban J connectivity index is 1.53. The molecular weight excluding hydrogens is 426 g/mol. The van der Waals surface area contributed by atoms with Gasteiger partial charge in [0.1, 0.15) is 0 Å². The molecule has 2 heterocycles. The predicted octanol–water partition coefficient (Wildman–Crippen LogP) is 5.94. The van der Waals surface area contributed by atoms with Crippen molar-refractivity contribution in [3.05, 3.63) is 71.4 Å². The van der Waals surface area contributed by atoms with Crippen LogP contribution in [0.5, 0.6) is 0 Å². The van der Waals surface area contributed by atoms with Crippen LogP contribution in [0.1, 0.15) is 31.7 Å². The summed E-state index contributed by atoms with van der Waals surface area (Å²) in [6, 6.07) is 18.6. The molecule has 4 nitrogen and oxygen atoms in total. The Hall–Kier alpha value is -2.24. The van der Waals surface area contributed by atoms with Crippen LogP contribution in [-0.4, -0.2) is 38.7 Å². The van der Waals surface area contributed by atoms with Crippen molar-refractivity contribution in [2.75, 3.05) is 12.3 Å². The fourth-order valence-corrected chi connectivity index (χ4v) is 5.12. The third kappa shape index (κ3) is 5.52. The Morgan fingerprint density at radius 1 is 1.13 bits per heavy atom. The first-order valence-electron chi connectivity index (χ1n) is 10.9. The second-order valence-corrected chi connectivity index (χ2v) is 9.42. The highest BCUT2D eigenvalue weighted by atomic mass is 35.5. The zero-order chi connectivity index (χ0) is 21.6. The summed E-state index contributed by atoms with van der Waals surface area (Å²) in [5.41, 5.74) is 3.41. The standard InChI is InChI=1S/C25H28ClN3OS/c1-19-7-5-6-15-28(19)24(30)18-31-25-27-17-23(21-10-12-22(26)13-11-21)29(25)16-14-20-8-3-2-4-9-20/h2-4,8-13,17,19H,5-7,14-16,18H2,1H3. The monoisotopic (exact) mass is 453 g/mol. The number of imidazole rings is 1. The average molecular weight is 454 g/mol. The molecule has 1 atom stereocenters. The summed E-state index contributed by atoms with van der Waals surface area (Å²) in [7, 11) is 0. The number of thioether (sulfide) groups is 1. The number of benzene rings is 2. The molecule has 0 spiro atoms. The number of hydrogen-bond donors (Lipinski definition) is 0. The number of aromatic nitrogens is 2. The lowest BCUT2D eigenvalue weighted by atomic mass is 10.0. The van der Waals surface area contributed by atoms with Crippen LogP contribution < -0.4 is 0 Å². The summed E-state index contributed by atoms with van der Waals surface area (Å²) in [5.74, 6) is 0.634. The smallest absolute Gasteiger partial charge is 0.233 e. The molecule has 1 aliphatic heterocycles. The summed E-state index contributed by atoms with van der Waals surface area (Å²) < 4.78 is 2.23. The number of hydrogen-bond acceptors (Lipinski definition) is 3. The number of likely N-dealkylation sites (tertiary alicyclic amines) is 1. The van der Waals surface area contributed by atoms with Crippen LogP contribution in [0.2, 0.25) is 5.02 Å². The Kier molecular flexibility index (Phi) is 7.36. The minimum Gasteiger partial charge on any atom is -0.339 e. The zero-order valence-electron chi connectivity index (χ0n) is 17.8. The van der Waals surface area contributed by atoms with Crippen LogP contribution in [0.15, 0.2) is 66.0 Å². The molecule has 4 rings (SSSR count). The summed E-state index contributed by atoms with van der Waals surface area (Å²) >= 11 is 7.63. The fraction of sp³-hybridized carbons (Fsp3) is 0.360. The number of rotatable bonds is 7. The van der Waals surface area contributed by atoms with Gasteiger partial charge in [-0.15, -0.1) is 0 Å². The quantitative estimate of drug-likeness (QED) is 0.415. The highest BCUT2D eigenvalue weighted by molar-refractivity contribution is 7.99. The highest BCUT2D eigenvalue weighted by Gasteiger charge is 2.24. The first-order chi connectivity index (χ1) is 15.1. The Morgan fingerprint density at radius 2 is 1.90 bits per heavy atom. The van der Waals surface area contributed by atoms with E-state index in [2.05, 4.69) is 40.7 Å². The molecule has 0 N–H and O–H groups in total. The van der Waals surface area contributed by atoms with Crippen molar-refractivity contribution in [2.24, 2.45) is 0 Å². The topological polar surface area (TPSA) is 38.1 Å². The second kappa shape index (κ2) is 10.4. The first kappa shape index (κ1) is 22.0. The largest absolute Gasteiger partial charge is 0.339 e. The third-order valence-corrected chi connectivity index (χ3v) is 7.10. The lowest BCUT2D eigenvalue weighted by Gasteiger charge is -2.33. The van der Waals surface area contributed by atoms with Crippen molar-refractivity contribution in [3.8, 4) is 11.3 Å². The van der Waals surface area contributed by atoms with E-state index in [1.165, 1.54) is 23.7 Å². The molecule has 2 aromatic carbocycles. The minimum absolute atomic E-state index is 0.211. The van der Waals surface area contributed by atoms with E-state index in [0.717, 1.165) is 53.8 Å². The van der Waals surface area contributed by atoms with Gasteiger partial charge in [-0.05, 0) is 55.9 Å². The molecule has 1 aliphatic rings. The Morgan fingerprint density at radius 3 is 2.65 bits per heavy atom. The molecule has 0 aliphatic carbocycles. The highest BCUT2D eigenvalue weighted by Crippen LogP contribution is 2.28. The fourth-order valence-electron chi connectivity index (χ4n) is 4.10. The summed E-state index contributed by atoms with van der Waals surface area (Å²) in [5, 5.41) is 1.61. The molecule has 1 amide bonds. The Labute approximate surface area is 193 Å². The molecule has 1 aromatic heterocycles. The molecular formula is C25H28ClN3OS. The maximum absolute atomic E-state index is 12.8. The number of halogens is 1. The number of carbonyl (C=O) groups excluding carboxylic acids is 1. The van der Waals surface area contributed by atoms with Gasteiger partial charge in [-0.2, -0.15) is 0 Å². The summed E-state index contributed by atoms with van der Waals surface area (Å²) in [4.78, 5) is 19.6. The van der Waals surface area contributed by atoms with Crippen LogP contribution >= 0.6 is 23.4 Å². The minimum atomic E-state index is 0.211. The summed E-state index contributed by atoms with van der Waals surface area (Å²) in [6.07, 6.45) is 6.23. The zero-order valence-corrected chi connectivity index (χ0v) is 19.4. The maximum Gasteiger partial charge on any atom is 0.233 e. The van der Waals surface area contributed by atoms with Gasteiger partial charge in [-0.3, -0.25) is 4.79 Å². The van der Waals surface area contributed by atoms with E-state index in [1.54, 1.807) is 0 Å². The van der Waals surface area contributed by atoms with Crippen LogP contribution in [-0.2, 0) is 17.8 Å². The number of piperidine rings is 1. The van der Waals surface area contributed by atoms with Gasteiger partial charge < -0.3 is 9.47 Å². The number of amides is 1. The van der Waals surface area contributed by atoms with Crippen molar-refractivity contribution in [3.63, 3.8) is 0 Å². The lowest BCUT2D eigenvalue weighted by molar-refractivity contribution is -0.131. The average Bonchev–Trinajstić information content (AvgIpc) is 3.20. The van der Waals surface area contributed by atoms with E-state index in [-0.39, 0.29) is 5.91 Å². The van der Waals surface area contributed by atoms with Crippen LogP contribution in [0.3, 0.4) is 0 Å². The van der Waals surface area contributed by atoms with Gasteiger partial charge in [0.2, 0.25) is 5.91 Å². The molecule has 1 saturated heterocycles. The van der Waals surface area contributed by atoms with E-state index >= 15 is 0 Å². The van der Waals surface area contributed by atoms with E-state index in [9.17, 15) is 4.79 Å². The number of aryl methyl sites for hydroxylation is 1. The SMILES string of the molecule is CC1CCCCN1C(=O)CSc1ncc(-c2ccc(Cl)cc2)n1CCc1ccccc1. The number of nitrogens with zero attached hydrogens (tertiary/aromatic N) is 3. The molecule has 31 heavy (non-hydrogen) atoms. The molecule has 1 fully saturated rings. The van der Waals surface area contributed by atoms with Crippen molar-refractivity contribution in [1.29, 1.82) is 0 Å². The van der Waals surface area contributed by atoms with Crippen molar-refractivity contribution < 1.29 is 4.79 Å². The van der Waals surface area contributed by atoms with Crippen LogP contribution in [0, 0.1) is 0 Å². The molecule has 6 heteroatoms. The molecule has 1 unspecified atom stereocenters. The molecule has 162 valence electrons. The van der Waals surface area contributed by atoms with E-state index < -0.39 is 0 Å². The van der Waals surface area contributed by atoms with Crippen LogP contribution in [0.4, 0.5) is 0 Å². The van der Waals surface area contributed by atoms with Crippen molar-refractivity contribution in [2.45, 2.75) is 50.4 Å².